The molecule has 1 unspecified atom stereocenters. The van der Waals surface area contributed by atoms with Gasteiger partial charge in [-0.2, -0.15) is 0 Å². The highest BCUT2D eigenvalue weighted by Crippen LogP contribution is 2.20. The molecule has 0 bridgehead atoms. The largest absolute Gasteiger partial charge is 0.377 e. The van der Waals surface area contributed by atoms with Crippen LogP contribution in [0.25, 0.3) is 0 Å². The molecule has 0 saturated heterocycles. The van der Waals surface area contributed by atoms with Crippen molar-refractivity contribution in [3.63, 3.8) is 0 Å². The summed E-state index contributed by atoms with van der Waals surface area (Å²) in [6.07, 6.45) is 12.9. The van der Waals surface area contributed by atoms with Gasteiger partial charge in [-0.25, -0.2) is 0 Å². The van der Waals surface area contributed by atoms with E-state index in [2.05, 4.69) is 10.6 Å². The van der Waals surface area contributed by atoms with Gasteiger partial charge in [0.1, 0.15) is 0 Å². The first-order valence-electron chi connectivity index (χ1n) is 8.91. The van der Waals surface area contributed by atoms with Gasteiger partial charge < -0.3 is 15.4 Å². The Bertz CT molecular complexity index is 297. The zero-order valence-corrected chi connectivity index (χ0v) is 13.5. The molecule has 2 N–H and O–H groups in total. The Kier molecular flexibility index (Phi) is 7.51. The molecule has 122 valence electrons. The van der Waals surface area contributed by atoms with Crippen LogP contribution in [0.15, 0.2) is 0 Å². The van der Waals surface area contributed by atoms with Crippen LogP contribution in [0.1, 0.15) is 71.1 Å². The number of hydrogen-bond donors (Lipinski definition) is 2. The minimum atomic E-state index is -0.123. The Morgan fingerprint density at radius 1 is 1.05 bits per heavy atom. The molecule has 4 nitrogen and oxygen atoms in total. The second-order valence-electron chi connectivity index (χ2n) is 6.65. The fourth-order valence-corrected chi connectivity index (χ4v) is 3.40. The van der Waals surface area contributed by atoms with Crippen LogP contribution in [0.4, 0.5) is 0 Å². The lowest BCUT2D eigenvalue weighted by Gasteiger charge is -2.25. The molecule has 0 aromatic rings. The average molecular weight is 296 g/mol. The highest BCUT2D eigenvalue weighted by Gasteiger charge is 2.19. The van der Waals surface area contributed by atoms with Crippen molar-refractivity contribution in [1.29, 1.82) is 0 Å². The highest BCUT2D eigenvalue weighted by atomic mass is 16.5. The molecule has 2 rings (SSSR count). The van der Waals surface area contributed by atoms with Crippen molar-refractivity contribution >= 4 is 5.91 Å². The van der Waals surface area contributed by atoms with Crippen molar-refractivity contribution in [2.75, 3.05) is 13.2 Å². The van der Waals surface area contributed by atoms with Gasteiger partial charge in [0.25, 0.3) is 0 Å². The average Bonchev–Trinajstić information content (AvgIpc) is 2.53. The molecule has 2 aliphatic rings. The Hall–Kier alpha value is -0.610. The van der Waals surface area contributed by atoms with Crippen LogP contribution in [0.3, 0.4) is 0 Å². The van der Waals surface area contributed by atoms with Crippen LogP contribution in [-0.2, 0) is 9.53 Å². The SMILES string of the molecule is CC(NCCOC1CCCCC1)C(=O)NC1CCCCC1. The van der Waals surface area contributed by atoms with E-state index in [1.807, 2.05) is 6.92 Å². The Morgan fingerprint density at radius 2 is 1.67 bits per heavy atom. The molecule has 2 aliphatic carbocycles. The van der Waals surface area contributed by atoms with Crippen molar-refractivity contribution in [1.82, 2.24) is 10.6 Å². The van der Waals surface area contributed by atoms with E-state index in [9.17, 15) is 4.79 Å². The number of ether oxygens (including phenoxy) is 1. The standard InChI is InChI=1S/C17H32N2O2/c1-14(17(20)19-15-8-4-2-5-9-15)18-12-13-21-16-10-6-3-7-11-16/h14-16,18H,2-13H2,1H3,(H,19,20). The molecule has 0 spiro atoms. The van der Waals surface area contributed by atoms with Gasteiger partial charge in [0.15, 0.2) is 0 Å². The summed E-state index contributed by atoms with van der Waals surface area (Å²) in [5, 5.41) is 6.44. The molecule has 0 radical (unpaired) electrons. The predicted molar refractivity (Wildman–Crippen MR) is 85.3 cm³/mol. The van der Waals surface area contributed by atoms with E-state index in [0.717, 1.165) is 19.4 Å². The maximum absolute atomic E-state index is 12.1. The zero-order valence-electron chi connectivity index (χ0n) is 13.5. The first kappa shape index (κ1) is 16.8. The number of amides is 1. The van der Waals surface area contributed by atoms with Gasteiger partial charge in [-0.1, -0.05) is 38.5 Å². The van der Waals surface area contributed by atoms with Gasteiger partial charge in [0.05, 0.1) is 18.8 Å². The summed E-state index contributed by atoms with van der Waals surface area (Å²) >= 11 is 0. The van der Waals surface area contributed by atoms with Gasteiger partial charge in [-0.3, -0.25) is 4.79 Å². The normalized spacial score (nSPS) is 22.9. The summed E-state index contributed by atoms with van der Waals surface area (Å²) in [5.41, 5.74) is 0. The van der Waals surface area contributed by atoms with Gasteiger partial charge in [-0.15, -0.1) is 0 Å². The van der Waals surface area contributed by atoms with Crippen LogP contribution < -0.4 is 10.6 Å². The van der Waals surface area contributed by atoms with E-state index in [4.69, 9.17) is 4.74 Å². The Labute approximate surface area is 129 Å². The van der Waals surface area contributed by atoms with Crippen molar-refractivity contribution in [3.05, 3.63) is 0 Å². The molecule has 4 heteroatoms. The van der Waals surface area contributed by atoms with Gasteiger partial charge in [0.2, 0.25) is 5.91 Å². The first-order chi connectivity index (χ1) is 10.3. The molecule has 1 atom stereocenters. The Balaban J connectivity index is 1.53. The van der Waals surface area contributed by atoms with Gasteiger partial charge in [0, 0.05) is 12.6 Å². The first-order valence-corrected chi connectivity index (χ1v) is 8.91. The van der Waals surface area contributed by atoms with Crippen molar-refractivity contribution in [3.8, 4) is 0 Å². The predicted octanol–water partition coefficient (Wildman–Crippen LogP) is 2.76. The van der Waals surface area contributed by atoms with Gasteiger partial charge in [-0.05, 0) is 32.6 Å². The number of carbonyl (C=O) groups is 1. The lowest BCUT2D eigenvalue weighted by atomic mass is 9.95. The van der Waals surface area contributed by atoms with Crippen LogP contribution in [0, 0.1) is 0 Å². The van der Waals surface area contributed by atoms with Crippen LogP contribution in [0.5, 0.6) is 0 Å². The molecule has 0 aromatic carbocycles. The fourth-order valence-electron chi connectivity index (χ4n) is 3.40. The lowest BCUT2D eigenvalue weighted by molar-refractivity contribution is -0.123. The monoisotopic (exact) mass is 296 g/mol. The highest BCUT2D eigenvalue weighted by molar-refractivity contribution is 5.81. The fraction of sp³-hybridized carbons (Fsp3) is 0.941. The summed E-state index contributed by atoms with van der Waals surface area (Å²) in [6, 6.07) is 0.274. The second-order valence-corrected chi connectivity index (χ2v) is 6.65. The molecule has 1 amide bonds. The molecule has 2 saturated carbocycles. The van der Waals surface area contributed by atoms with E-state index in [1.165, 1.54) is 51.4 Å². The molecule has 21 heavy (non-hydrogen) atoms. The van der Waals surface area contributed by atoms with Gasteiger partial charge >= 0.3 is 0 Å². The van der Waals surface area contributed by atoms with Crippen LogP contribution in [-0.4, -0.2) is 37.2 Å². The van der Waals surface area contributed by atoms with E-state index in [-0.39, 0.29) is 11.9 Å². The topological polar surface area (TPSA) is 50.4 Å². The maximum atomic E-state index is 12.1. The second kappa shape index (κ2) is 9.42. The van der Waals surface area contributed by atoms with Crippen molar-refractivity contribution in [2.45, 2.75) is 89.3 Å². The molecular formula is C17H32N2O2. The summed E-state index contributed by atoms with van der Waals surface area (Å²) in [5.74, 6) is 0.138. The molecule has 0 aliphatic heterocycles. The molecule has 0 heterocycles. The van der Waals surface area contributed by atoms with E-state index in [0.29, 0.717) is 18.8 Å². The van der Waals surface area contributed by atoms with E-state index in [1.54, 1.807) is 0 Å². The van der Waals surface area contributed by atoms with E-state index >= 15 is 0 Å². The van der Waals surface area contributed by atoms with Crippen LogP contribution in [0.2, 0.25) is 0 Å². The van der Waals surface area contributed by atoms with E-state index < -0.39 is 0 Å². The number of carbonyl (C=O) groups excluding carboxylic acids is 1. The minimum Gasteiger partial charge on any atom is -0.377 e. The summed E-state index contributed by atoms with van der Waals surface area (Å²) in [4.78, 5) is 12.1. The number of rotatable bonds is 7. The summed E-state index contributed by atoms with van der Waals surface area (Å²) in [7, 11) is 0. The Morgan fingerprint density at radius 3 is 2.33 bits per heavy atom. The summed E-state index contributed by atoms with van der Waals surface area (Å²) in [6.45, 7) is 3.42. The summed E-state index contributed by atoms with van der Waals surface area (Å²) < 4.78 is 5.87. The third-order valence-corrected chi connectivity index (χ3v) is 4.80. The lowest BCUT2D eigenvalue weighted by Crippen LogP contribution is -2.47. The molecular weight excluding hydrogens is 264 g/mol. The third-order valence-electron chi connectivity index (χ3n) is 4.80. The number of nitrogens with one attached hydrogen (secondary N) is 2. The maximum Gasteiger partial charge on any atom is 0.237 e. The quantitative estimate of drug-likeness (QED) is 0.710. The molecule has 0 aromatic heterocycles. The smallest absolute Gasteiger partial charge is 0.237 e. The number of hydrogen-bond acceptors (Lipinski definition) is 3. The van der Waals surface area contributed by atoms with Crippen molar-refractivity contribution in [2.24, 2.45) is 0 Å². The van der Waals surface area contributed by atoms with Crippen molar-refractivity contribution < 1.29 is 9.53 Å². The third kappa shape index (κ3) is 6.35. The van der Waals surface area contributed by atoms with Crippen LogP contribution >= 0.6 is 0 Å². The minimum absolute atomic E-state index is 0.123. The molecule has 2 fully saturated rings. The zero-order chi connectivity index (χ0) is 14.9.